The molecule has 0 aromatic carbocycles. The number of β-amino-alcohol motifs (C(OH)–C–C–N with tert-alkyl or cyclic N) is 1. The van der Waals surface area contributed by atoms with Crippen molar-refractivity contribution in [1.29, 1.82) is 0 Å². The van der Waals surface area contributed by atoms with Crippen molar-refractivity contribution in [3.8, 4) is 0 Å². The fourth-order valence-corrected chi connectivity index (χ4v) is 3.59. The molecule has 1 aliphatic heterocycles. The van der Waals surface area contributed by atoms with Gasteiger partial charge in [0.15, 0.2) is 0 Å². The van der Waals surface area contributed by atoms with Gasteiger partial charge >= 0.3 is 0 Å². The standard InChI is InChI=1S/C11H18N2O3S2/c1-18(15,16)13-6-4-12(5-7-13)9-10(14)11-3-2-8-17-11/h2-3,8,10,14H,4-7,9H2,1H3. The van der Waals surface area contributed by atoms with Crippen LogP contribution in [0.2, 0.25) is 0 Å². The molecule has 1 aromatic rings. The molecule has 0 saturated carbocycles. The van der Waals surface area contributed by atoms with E-state index >= 15 is 0 Å². The summed E-state index contributed by atoms with van der Waals surface area (Å²) in [6.07, 6.45) is 0.762. The van der Waals surface area contributed by atoms with E-state index in [4.69, 9.17) is 0 Å². The monoisotopic (exact) mass is 290 g/mol. The van der Waals surface area contributed by atoms with E-state index < -0.39 is 16.1 Å². The summed E-state index contributed by atoms with van der Waals surface area (Å²) in [7, 11) is -3.07. The van der Waals surface area contributed by atoms with E-state index in [1.54, 1.807) is 11.3 Å². The van der Waals surface area contributed by atoms with Gasteiger partial charge < -0.3 is 5.11 Å². The Morgan fingerprint density at radius 3 is 2.56 bits per heavy atom. The van der Waals surface area contributed by atoms with Crippen molar-refractivity contribution < 1.29 is 13.5 Å². The topological polar surface area (TPSA) is 60.9 Å². The molecule has 1 unspecified atom stereocenters. The average Bonchev–Trinajstić information content (AvgIpc) is 2.82. The molecule has 7 heteroatoms. The maximum absolute atomic E-state index is 11.4. The molecular formula is C11H18N2O3S2. The zero-order valence-corrected chi connectivity index (χ0v) is 12.0. The first kappa shape index (κ1) is 14.0. The molecule has 102 valence electrons. The van der Waals surface area contributed by atoms with Crippen LogP contribution in [0.4, 0.5) is 0 Å². The van der Waals surface area contributed by atoms with E-state index in [-0.39, 0.29) is 0 Å². The van der Waals surface area contributed by atoms with Crippen molar-refractivity contribution in [2.75, 3.05) is 39.0 Å². The molecule has 0 bridgehead atoms. The Labute approximate surface area is 112 Å². The number of piperazine rings is 1. The molecule has 2 rings (SSSR count). The fourth-order valence-electron chi connectivity index (χ4n) is 2.06. The third kappa shape index (κ3) is 3.52. The van der Waals surface area contributed by atoms with Gasteiger partial charge in [0.1, 0.15) is 6.10 Å². The summed E-state index contributed by atoms with van der Waals surface area (Å²) in [6, 6.07) is 3.84. The average molecular weight is 290 g/mol. The number of rotatable bonds is 4. The predicted molar refractivity (Wildman–Crippen MR) is 72.1 cm³/mol. The highest BCUT2D eigenvalue weighted by molar-refractivity contribution is 7.88. The maximum Gasteiger partial charge on any atom is 0.211 e. The molecule has 5 nitrogen and oxygen atoms in total. The van der Waals surface area contributed by atoms with Crippen LogP contribution >= 0.6 is 11.3 Å². The van der Waals surface area contributed by atoms with Crippen LogP contribution in [0.3, 0.4) is 0 Å². The molecule has 0 aliphatic carbocycles. The van der Waals surface area contributed by atoms with E-state index in [9.17, 15) is 13.5 Å². The first-order valence-electron chi connectivity index (χ1n) is 5.86. The van der Waals surface area contributed by atoms with Gasteiger partial charge in [-0.05, 0) is 11.4 Å². The van der Waals surface area contributed by atoms with Crippen LogP contribution in [0.15, 0.2) is 17.5 Å². The Hall–Kier alpha value is -0.470. The highest BCUT2D eigenvalue weighted by Gasteiger charge is 2.24. The number of hydrogen-bond donors (Lipinski definition) is 1. The Balaban J connectivity index is 1.84. The number of aliphatic hydroxyl groups excluding tert-OH is 1. The van der Waals surface area contributed by atoms with Gasteiger partial charge in [0, 0.05) is 37.6 Å². The van der Waals surface area contributed by atoms with Gasteiger partial charge in [0.05, 0.1) is 6.26 Å². The van der Waals surface area contributed by atoms with Gasteiger partial charge in [-0.1, -0.05) is 6.07 Å². The molecule has 1 fully saturated rings. The van der Waals surface area contributed by atoms with E-state index in [1.165, 1.54) is 10.6 Å². The van der Waals surface area contributed by atoms with Gasteiger partial charge in [-0.2, -0.15) is 4.31 Å². The van der Waals surface area contributed by atoms with E-state index in [0.29, 0.717) is 32.7 Å². The van der Waals surface area contributed by atoms with Crippen molar-refractivity contribution in [3.05, 3.63) is 22.4 Å². The fraction of sp³-hybridized carbons (Fsp3) is 0.636. The first-order valence-corrected chi connectivity index (χ1v) is 8.58. The molecule has 0 radical (unpaired) electrons. The van der Waals surface area contributed by atoms with Crippen molar-refractivity contribution in [2.24, 2.45) is 0 Å². The Morgan fingerprint density at radius 1 is 1.39 bits per heavy atom. The molecule has 0 spiro atoms. The number of aliphatic hydroxyl groups is 1. The zero-order valence-electron chi connectivity index (χ0n) is 10.3. The normalized spacial score (nSPS) is 21.0. The first-order chi connectivity index (χ1) is 8.47. The smallest absolute Gasteiger partial charge is 0.211 e. The SMILES string of the molecule is CS(=O)(=O)N1CCN(CC(O)c2cccs2)CC1. The summed E-state index contributed by atoms with van der Waals surface area (Å²) >= 11 is 1.54. The number of thiophene rings is 1. The highest BCUT2D eigenvalue weighted by Crippen LogP contribution is 2.20. The summed E-state index contributed by atoms with van der Waals surface area (Å²) in [4.78, 5) is 3.06. The second-order valence-corrected chi connectivity index (χ2v) is 7.46. The predicted octanol–water partition coefficient (Wildman–Crippen LogP) is 0.359. The van der Waals surface area contributed by atoms with Crippen LogP contribution in [0.25, 0.3) is 0 Å². The lowest BCUT2D eigenvalue weighted by Crippen LogP contribution is -2.49. The highest BCUT2D eigenvalue weighted by atomic mass is 32.2. The van der Waals surface area contributed by atoms with Crippen LogP contribution in [-0.4, -0.2) is 61.7 Å². The zero-order chi connectivity index (χ0) is 13.2. The number of sulfonamides is 1. The maximum atomic E-state index is 11.4. The van der Waals surface area contributed by atoms with Gasteiger partial charge in [-0.3, -0.25) is 4.90 Å². The minimum absolute atomic E-state index is 0.477. The summed E-state index contributed by atoms with van der Waals surface area (Å²) < 4.78 is 24.2. The summed E-state index contributed by atoms with van der Waals surface area (Å²) in [5, 5.41) is 12.0. The quantitative estimate of drug-likeness (QED) is 0.870. The third-order valence-electron chi connectivity index (χ3n) is 3.10. The second-order valence-electron chi connectivity index (χ2n) is 4.49. The summed E-state index contributed by atoms with van der Waals surface area (Å²) in [6.45, 7) is 2.94. The van der Waals surface area contributed by atoms with Crippen molar-refractivity contribution in [1.82, 2.24) is 9.21 Å². The summed E-state index contributed by atoms with van der Waals surface area (Å²) in [5.41, 5.74) is 0. The minimum Gasteiger partial charge on any atom is -0.386 e. The number of nitrogens with zero attached hydrogens (tertiary/aromatic N) is 2. The Morgan fingerprint density at radius 2 is 2.06 bits per heavy atom. The lowest BCUT2D eigenvalue weighted by atomic mass is 10.2. The minimum atomic E-state index is -3.07. The molecule has 18 heavy (non-hydrogen) atoms. The molecule has 1 saturated heterocycles. The van der Waals surface area contributed by atoms with E-state index in [1.807, 2.05) is 17.5 Å². The molecule has 2 heterocycles. The van der Waals surface area contributed by atoms with Crippen LogP contribution in [-0.2, 0) is 10.0 Å². The van der Waals surface area contributed by atoms with Gasteiger partial charge in [-0.15, -0.1) is 11.3 Å². The van der Waals surface area contributed by atoms with Gasteiger partial charge in [0.25, 0.3) is 0 Å². The molecule has 1 atom stereocenters. The molecule has 1 aliphatic rings. The third-order valence-corrected chi connectivity index (χ3v) is 5.38. The molecule has 1 N–H and O–H groups in total. The van der Waals surface area contributed by atoms with Crippen molar-refractivity contribution in [2.45, 2.75) is 6.10 Å². The van der Waals surface area contributed by atoms with Crippen LogP contribution in [0, 0.1) is 0 Å². The second kappa shape index (κ2) is 5.66. The number of hydrogen-bond acceptors (Lipinski definition) is 5. The summed E-state index contributed by atoms with van der Waals surface area (Å²) in [5.74, 6) is 0. The molecular weight excluding hydrogens is 272 g/mol. The lowest BCUT2D eigenvalue weighted by Gasteiger charge is -2.34. The lowest BCUT2D eigenvalue weighted by molar-refractivity contribution is 0.0944. The van der Waals surface area contributed by atoms with Crippen LogP contribution in [0.1, 0.15) is 11.0 Å². The van der Waals surface area contributed by atoms with E-state index in [0.717, 1.165) is 4.88 Å². The molecule has 0 amide bonds. The van der Waals surface area contributed by atoms with Crippen molar-refractivity contribution >= 4 is 21.4 Å². The Kier molecular flexibility index (Phi) is 4.39. The largest absolute Gasteiger partial charge is 0.386 e. The van der Waals surface area contributed by atoms with Crippen molar-refractivity contribution in [3.63, 3.8) is 0 Å². The molecule has 1 aromatic heterocycles. The van der Waals surface area contributed by atoms with E-state index in [2.05, 4.69) is 4.90 Å². The van der Waals surface area contributed by atoms with Crippen LogP contribution in [0.5, 0.6) is 0 Å². The van der Waals surface area contributed by atoms with Gasteiger partial charge in [-0.25, -0.2) is 8.42 Å². The van der Waals surface area contributed by atoms with Gasteiger partial charge in [0.2, 0.25) is 10.0 Å². The Bertz CT molecular complexity index is 464. The van der Waals surface area contributed by atoms with Crippen LogP contribution < -0.4 is 0 Å².